The fraction of sp³-hybridized carbons (Fsp3) is 0.414. The second-order valence-electron chi connectivity index (χ2n) is 10.3. The topological polar surface area (TPSA) is 154 Å². The normalized spacial score (nSPS) is 17.5. The number of nitrogens with one attached hydrogen (secondary N) is 2. The predicted octanol–water partition coefficient (Wildman–Crippen LogP) is 1.88. The number of nitrogens with zero attached hydrogens (tertiary/aromatic N) is 3. The summed E-state index contributed by atoms with van der Waals surface area (Å²) < 4.78 is 20.3. The maximum absolute atomic E-state index is 15.1. The Kier molecular flexibility index (Phi) is 9.73. The molecule has 42 heavy (non-hydrogen) atoms. The molecule has 13 heteroatoms. The largest absolute Gasteiger partial charge is 0.442 e. The van der Waals surface area contributed by atoms with Gasteiger partial charge in [0.2, 0.25) is 17.7 Å². The molecule has 0 saturated carbocycles. The minimum atomic E-state index is -0.654. The van der Waals surface area contributed by atoms with Gasteiger partial charge in [-0.05, 0) is 49.4 Å². The molecule has 2 aromatic rings. The molecule has 224 valence electrons. The molecule has 4 rings (SSSR count). The lowest BCUT2D eigenvalue weighted by Gasteiger charge is -2.36. The first-order valence-electron chi connectivity index (χ1n) is 13.8. The Hall–Kier alpha value is -4.52. The maximum Gasteiger partial charge on any atom is 0.414 e. The summed E-state index contributed by atoms with van der Waals surface area (Å²) in [7, 11) is 0. The monoisotopic (exact) mass is 582 g/mol. The first-order valence-corrected chi connectivity index (χ1v) is 13.8. The molecular formula is C29H35FN6O6. The van der Waals surface area contributed by atoms with E-state index >= 15 is 4.39 Å². The van der Waals surface area contributed by atoms with Crippen LogP contribution in [0, 0.1) is 5.82 Å². The van der Waals surface area contributed by atoms with Gasteiger partial charge in [0.05, 0.1) is 30.5 Å². The molecule has 2 unspecified atom stereocenters. The summed E-state index contributed by atoms with van der Waals surface area (Å²) in [5.41, 5.74) is 7.23. The van der Waals surface area contributed by atoms with Gasteiger partial charge < -0.3 is 30.9 Å². The third-order valence-corrected chi connectivity index (χ3v) is 7.12. The molecule has 0 spiro atoms. The van der Waals surface area contributed by atoms with Crippen LogP contribution in [-0.4, -0.2) is 85.9 Å². The molecule has 12 nitrogen and oxygen atoms in total. The van der Waals surface area contributed by atoms with Gasteiger partial charge in [0, 0.05) is 57.2 Å². The molecule has 2 atom stereocenters. The molecule has 0 aromatic heterocycles. The van der Waals surface area contributed by atoms with E-state index in [9.17, 15) is 24.0 Å². The lowest BCUT2D eigenvalue weighted by Crippen LogP contribution is -2.49. The number of Topliss-reactive ketones (excluding diaryl/α,β-unsaturated/α-hetero) is 1. The number of hydrogen-bond acceptors (Lipinski definition) is 8. The predicted molar refractivity (Wildman–Crippen MR) is 154 cm³/mol. The summed E-state index contributed by atoms with van der Waals surface area (Å²) >= 11 is 0. The van der Waals surface area contributed by atoms with E-state index in [1.165, 1.54) is 17.9 Å². The summed E-state index contributed by atoms with van der Waals surface area (Å²) in [6, 6.07) is 10.3. The van der Waals surface area contributed by atoms with Gasteiger partial charge in [0.1, 0.15) is 11.9 Å². The third kappa shape index (κ3) is 7.60. The Morgan fingerprint density at radius 2 is 1.74 bits per heavy atom. The number of piperazine rings is 1. The molecule has 2 saturated heterocycles. The standard InChI is InChI=1S/C29H35FN6O6/c1-18(31)28(40)33-21-5-3-20(4-6-21)26(38)9-10-27(39)35-13-11-34(12-14-35)25-8-7-22(15-24(25)30)36-17-23(42-29(36)41)16-32-19(2)37/h3-8,15,18,23H,9-14,16-17,31H2,1-2H3,(H,32,37)(H,33,40). The zero-order valence-corrected chi connectivity index (χ0v) is 23.6. The van der Waals surface area contributed by atoms with Crippen molar-refractivity contribution in [1.82, 2.24) is 10.2 Å². The highest BCUT2D eigenvalue weighted by Crippen LogP contribution is 2.28. The van der Waals surface area contributed by atoms with Crippen LogP contribution in [0.2, 0.25) is 0 Å². The van der Waals surface area contributed by atoms with Gasteiger partial charge in [-0.2, -0.15) is 0 Å². The van der Waals surface area contributed by atoms with Crippen LogP contribution in [0.1, 0.15) is 37.0 Å². The van der Waals surface area contributed by atoms with Crippen LogP contribution in [0.15, 0.2) is 42.5 Å². The summed E-state index contributed by atoms with van der Waals surface area (Å²) in [6.07, 6.45) is -1.03. The van der Waals surface area contributed by atoms with Crippen molar-refractivity contribution < 1.29 is 33.1 Å². The number of cyclic esters (lactones) is 1. The highest BCUT2D eigenvalue weighted by molar-refractivity contribution is 5.99. The van der Waals surface area contributed by atoms with Crippen LogP contribution in [-0.2, 0) is 19.1 Å². The number of ether oxygens (including phenoxy) is 1. The van der Waals surface area contributed by atoms with E-state index in [4.69, 9.17) is 10.5 Å². The minimum absolute atomic E-state index is 0.0469. The molecule has 4 amide bonds. The molecule has 0 radical (unpaired) electrons. The highest BCUT2D eigenvalue weighted by Gasteiger charge is 2.33. The van der Waals surface area contributed by atoms with E-state index in [0.717, 1.165) is 0 Å². The fourth-order valence-corrected chi connectivity index (χ4v) is 4.73. The lowest BCUT2D eigenvalue weighted by atomic mass is 10.1. The molecule has 4 N–H and O–H groups in total. The molecule has 2 aromatic carbocycles. The van der Waals surface area contributed by atoms with E-state index in [0.29, 0.717) is 48.8 Å². The molecular weight excluding hydrogens is 547 g/mol. The van der Waals surface area contributed by atoms with Crippen molar-refractivity contribution in [2.45, 2.75) is 38.8 Å². The zero-order chi connectivity index (χ0) is 30.4. The summed E-state index contributed by atoms with van der Waals surface area (Å²) in [5, 5.41) is 5.25. The van der Waals surface area contributed by atoms with Crippen LogP contribution in [0.3, 0.4) is 0 Å². The number of hydrogen-bond donors (Lipinski definition) is 3. The van der Waals surface area contributed by atoms with Gasteiger partial charge >= 0.3 is 6.09 Å². The van der Waals surface area contributed by atoms with Gasteiger partial charge in [-0.1, -0.05) is 0 Å². The van der Waals surface area contributed by atoms with Crippen molar-refractivity contribution in [1.29, 1.82) is 0 Å². The van der Waals surface area contributed by atoms with Gasteiger partial charge in [0.15, 0.2) is 5.78 Å². The van der Waals surface area contributed by atoms with Crippen molar-refractivity contribution in [3.8, 4) is 0 Å². The number of benzene rings is 2. The highest BCUT2D eigenvalue weighted by atomic mass is 19.1. The van der Waals surface area contributed by atoms with Crippen molar-refractivity contribution in [2.24, 2.45) is 5.73 Å². The average molecular weight is 583 g/mol. The summed E-state index contributed by atoms with van der Waals surface area (Å²) in [4.78, 5) is 65.3. The Bertz CT molecular complexity index is 1340. The second-order valence-corrected chi connectivity index (χ2v) is 10.3. The third-order valence-electron chi connectivity index (χ3n) is 7.12. The summed E-state index contributed by atoms with van der Waals surface area (Å²) in [5.74, 6) is -1.40. The van der Waals surface area contributed by atoms with Crippen LogP contribution in [0.25, 0.3) is 0 Å². The summed E-state index contributed by atoms with van der Waals surface area (Å²) in [6.45, 7) is 4.90. The number of ketones is 1. The number of nitrogens with two attached hydrogens (primary N) is 1. The molecule has 2 fully saturated rings. The first-order chi connectivity index (χ1) is 20.0. The van der Waals surface area contributed by atoms with Crippen LogP contribution in [0.5, 0.6) is 0 Å². The first kappa shape index (κ1) is 30.4. The molecule has 2 aliphatic rings. The Labute approximate surface area is 242 Å². The van der Waals surface area contributed by atoms with E-state index < -0.39 is 24.1 Å². The van der Waals surface area contributed by atoms with Crippen LogP contribution >= 0.6 is 0 Å². The second kappa shape index (κ2) is 13.4. The molecule has 0 aliphatic carbocycles. The number of rotatable bonds is 10. The fourth-order valence-electron chi connectivity index (χ4n) is 4.73. The molecule has 2 heterocycles. The quantitative estimate of drug-likeness (QED) is 0.359. The lowest BCUT2D eigenvalue weighted by molar-refractivity contribution is -0.131. The van der Waals surface area contributed by atoms with E-state index in [-0.39, 0.29) is 49.4 Å². The number of carbonyl (C=O) groups is 5. The van der Waals surface area contributed by atoms with Crippen molar-refractivity contribution in [3.63, 3.8) is 0 Å². The molecule has 2 aliphatic heterocycles. The van der Waals surface area contributed by atoms with E-state index in [2.05, 4.69) is 10.6 Å². The van der Waals surface area contributed by atoms with Gasteiger partial charge in [-0.3, -0.25) is 24.1 Å². The minimum Gasteiger partial charge on any atom is -0.442 e. The Morgan fingerprint density at radius 1 is 1.05 bits per heavy atom. The number of amides is 4. The average Bonchev–Trinajstić information content (AvgIpc) is 3.35. The maximum atomic E-state index is 15.1. The van der Waals surface area contributed by atoms with Crippen molar-refractivity contribution >= 4 is 46.7 Å². The van der Waals surface area contributed by atoms with Gasteiger partial charge in [0.25, 0.3) is 0 Å². The van der Waals surface area contributed by atoms with Gasteiger partial charge in [-0.25, -0.2) is 9.18 Å². The smallest absolute Gasteiger partial charge is 0.414 e. The molecule has 0 bridgehead atoms. The number of carbonyl (C=O) groups excluding carboxylic acids is 5. The van der Waals surface area contributed by atoms with Crippen molar-refractivity contribution in [2.75, 3.05) is 54.4 Å². The number of halogens is 1. The Balaban J connectivity index is 1.24. The van der Waals surface area contributed by atoms with Crippen molar-refractivity contribution in [3.05, 3.63) is 53.8 Å². The van der Waals surface area contributed by atoms with E-state index in [1.807, 2.05) is 4.90 Å². The number of anilines is 3. The zero-order valence-electron chi connectivity index (χ0n) is 23.6. The Morgan fingerprint density at radius 3 is 2.36 bits per heavy atom. The van der Waals surface area contributed by atoms with Crippen LogP contribution < -0.4 is 26.2 Å². The van der Waals surface area contributed by atoms with Crippen LogP contribution in [0.4, 0.5) is 26.2 Å². The van der Waals surface area contributed by atoms with Gasteiger partial charge in [-0.15, -0.1) is 0 Å². The SMILES string of the molecule is CC(=O)NCC1CN(c2ccc(N3CCN(C(=O)CCC(=O)c4ccc(NC(=O)C(C)N)cc4)CC3)c(F)c2)C(=O)O1. The van der Waals surface area contributed by atoms with E-state index in [1.54, 1.807) is 48.2 Å².